The summed E-state index contributed by atoms with van der Waals surface area (Å²) in [6.07, 6.45) is 16.1. The maximum absolute atomic E-state index is 13.2. The van der Waals surface area contributed by atoms with E-state index in [1.165, 1.54) is 32.1 Å². The van der Waals surface area contributed by atoms with Crippen LogP contribution < -0.4 is 9.47 Å². The Morgan fingerprint density at radius 3 is 1.43 bits per heavy atom. The first-order chi connectivity index (χ1) is 23.1. The van der Waals surface area contributed by atoms with E-state index in [1.54, 1.807) is 26.4 Å². The number of fused-ring (bicyclic) bond motifs is 4. The Hall–Kier alpha value is -3.76. The highest BCUT2D eigenvalue weighted by molar-refractivity contribution is 6.04. The minimum absolute atomic E-state index is 0.0000377. The van der Waals surface area contributed by atoms with Gasteiger partial charge in [0, 0.05) is 38.7 Å². The standard InChI is InChI=1S/C37H48N4O6/c1-44-26-12-14-30-28(22-26)36(42)40-18-16-34(32(40)24-38-30)46-20-10-8-6-4-3-5-7-9-11-21-47-35-17-19-41-33(35)25-39-31-15-13-27(45-2)23-29(31)37(41)43/h12-15,22-25,32-35H,3-11,16-21H2,1-2H3/t32-,33-,34?,35?/m1/s1. The zero-order valence-electron chi connectivity index (χ0n) is 27.8. The highest BCUT2D eigenvalue weighted by Crippen LogP contribution is 2.34. The Balaban J connectivity index is 0.794. The summed E-state index contributed by atoms with van der Waals surface area (Å²) in [6, 6.07) is 10.7. The van der Waals surface area contributed by atoms with Crippen LogP contribution in [0.2, 0.25) is 0 Å². The minimum atomic E-state index is -0.114. The molecule has 0 N–H and O–H groups in total. The predicted octanol–water partition coefficient (Wildman–Crippen LogP) is 6.55. The Labute approximate surface area is 278 Å². The molecule has 0 radical (unpaired) electrons. The highest BCUT2D eigenvalue weighted by Gasteiger charge is 2.40. The van der Waals surface area contributed by atoms with Crippen molar-refractivity contribution < 1.29 is 28.5 Å². The second-order valence-corrected chi connectivity index (χ2v) is 12.9. The fourth-order valence-corrected chi connectivity index (χ4v) is 7.15. The van der Waals surface area contributed by atoms with Crippen LogP contribution in [0.3, 0.4) is 0 Å². The summed E-state index contributed by atoms with van der Waals surface area (Å²) in [7, 11) is 3.21. The molecule has 2 unspecified atom stereocenters. The van der Waals surface area contributed by atoms with Gasteiger partial charge in [-0.3, -0.25) is 19.6 Å². The van der Waals surface area contributed by atoms with Crippen molar-refractivity contribution in [1.29, 1.82) is 0 Å². The fourth-order valence-electron chi connectivity index (χ4n) is 7.15. The Bertz CT molecular complexity index is 1350. The molecule has 10 nitrogen and oxygen atoms in total. The first-order valence-electron chi connectivity index (χ1n) is 17.4. The van der Waals surface area contributed by atoms with Crippen LogP contribution in [0.15, 0.2) is 46.4 Å². The molecule has 4 aliphatic heterocycles. The van der Waals surface area contributed by atoms with Gasteiger partial charge in [0.2, 0.25) is 0 Å². The summed E-state index contributed by atoms with van der Waals surface area (Å²) in [5.74, 6) is 1.33. The number of methoxy groups -OCH3 is 2. The SMILES string of the molecule is COc1ccc2c(c1)C(=O)N1CCC(OCCCCCCCCCCCOC3CCN4C(=O)c5cc(OC)ccc5N=C[C@H]34)[C@H]1C=N2. The van der Waals surface area contributed by atoms with Crippen LogP contribution in [-0.2, 0) is 9.47 Å². The van der Waals surface area contributed by atoms with Crippen molar-refractivity contribution in [2.45, 2.75) is 94.9 Å². The average Bonchev–Trinajstić information content (AvgIpc) is 3.63. The summed E-state index contributed by atoms with van der Waals surface area (Å²) in [5.41, 5.74) is 2.57. The summed E-state index contributed by atoms with van der Waals surface area (Å²) in [5, 5.41) is 0. The molecule has 47 heavy (non-hydrogen) atoms. The molecule has 0 aromatic heterocycles. The average molecular weight is 645 g/mol. The molecule has 2 fully saturated rings. The smallest absolute Gasteiger partial charge is 0.256 e. The Kier molecular flexibility index (Phi) is 11.2. The molecular formula is C37H48N4O6. The molecule has 0 bridgehead atoms. The number of carbonyl (C=O) groups is 2. The van der Waals surface area contributed by atoms with Crippen molar-refractivity contribution in [1.82, 2.24) is 9.80 Å². The van der Waals surface area contributed by atoms with E-state index < -0.39 is 0 Å². The lowest BCUT2D eigenvalue weighted by atomic mass is 10.1. The number of ether oxygens (including phenoxy) is 4. The molecule has 2 saturated heterocycles. The maximum atomic E-state index is 13.2. The molecule has 252 valence electrons. The first kappa shape index (κ1) is 33.2. The molecule has 10 heteroatoms. The summed E-state index contributed by atoms with van der Waals surface area (Å²) >= 11 is 0. The van der Waals surface area contributed by atoms with Gasteiger partial charge < -0.3 is 28.7 Å². The maximum Gasteiger partial charge on any atom is 0.256 e. The van der Waals surface area contributed by atoms with Crippen molar-refractivity contribution >= 4 is 35.6 Å². The van der Waals surface area contributed by atoms with Gasteiger partial charge in [0.25, 0.3) is 11.8 Å². The molecule has 0 saturated carbocycles. The van der Waals surface area contributed by atoms with Gasteiger partial charge in [0.05, 0.1) is 61.0 Å². The zero-order valence-corrected chi connectivity index (χ0v) is 27.8. The van der Waals surface area contributed by atoms with Crippen LogP contribution in [0, 0.1) is 0 Å². The van der Waals surface area contributed by atoms with Gasteiger partial charge in [-0.25, -0.2) is 0 Å². The molecule has 0 spiro atoms. The second kappa shape index (κ2) is 15.9. The first-order valence-corrected chi connectivity index (χ1v) is 17.4. The minimum Gasteiger partial charge on any atom is -0.497 e. The normalized spacial score (nSPS) is 22.9. The van der Waals surface area contributed by atoms with E-state index in [1.807, 2.05) is 46.5 Å². The summed E-state index contributed by atoms with van der Waals surface area (Å²) < 4.78 is 23.1. The fraction of sp³-hybridized carbons (Fsp3) is 0.568. The lowest BCUT2D eigenvalue weighted by Gasteiger charge is -2.23. The van der Waals surface area contributed by atoms with Crippen molar-refractivity contribution in [3.63, 3.8) is 0 Å². The largest absolute Gasteiger partial charge is 0.497 e. The Morgan fingerprint density at radius 2 is 1.02 bits per heavy atom. The van der Waals surface area contributed by atoms with Gasteiger partial charge >= 0.3 is 0 Å². The second-order valence-electron chi connectivity index (χ2n) is 12.9. The molecule has 4 atom stereocenters. The third kappa shape index (κ3) is 7.70. The molecule has 2 aromatic rings. The molecule has 0 aliphatic carbocycles. The van der Waals surface area contributed by atoms with Gasteiger partial charge in [-0.05, 0) is 62.1 Å². The Morgan fingerprint density at radius 1 is 0.617 bits per heavy atom. The van der Waals surface area contributed by atoms with Crippen LogP contribution in [0.5, 0.6) is 11.5 Å². The van der Waals surface area contributed by atoms with Crippen LogP contribution in [0.1, 0.15) is 91.3 Å². The number of benzene rings is 2. The molecule has 2 amide bonds. The van der Waals surface area contributed by atoms with Gasteiger partial charge in [-0.2, -0.15) is 0 Å². The van der Waals surface area contributed by atoms with Crippen LogP contribution in [0.25, 0.3) is 0 Å². The van der Waals surface area contributed by atoms with Crippen molar-refractivity contribution in [2.75, 3.05) is 40.5 Å². The quantitative estimate of drug-likeness (QED) is 0.192. The van der Waals surface area contributed by atoms with Gasteiger partial charge in [-0.15, -0.1) is 0 Å². The van der Waals surface area contributed by atoms with Crippen molar-refractivity contribution in [3.8, 4) is 11.5 Å². The number of hydrogen-bond donors (Lipinski definition) is 0. The topological polar surface area (TPSA) is 102 Å². The van der Waals surface area contributed by atoms with Crippen molar-refractivity contribution in [3.05, 3.63) is 47.5 Å². The molecule has 4 aliphatic rings. The molecule has 6 rings (SSSR count). The van der Waals surface area contributed by atoms with Gasteiger partial charge in [0.1, 0.15) is 11.5 Å². The lowest BCUT2D eigenvalue weighted by molar-refractivity contribution is 0.0402. The van der Waals surface area contributed by atoms with Crippen LogP contribution in [0.4, 0.5) is 11.4 Å². The molecular weight excluding hydrogens is 596 g/mol. The van der Waals surface area contributed by atoms with E-state index >= 15 is 0 Å². The molecule has 2 aromatic carbocycles. The van der Waals surface area contributed by atoms with E-state index in [0.717, 1.165) is 51.7 Å². The van der Waals surface area contributed by atoms with E-state index in [-0.39, 0.29) is 36.1 Å². The zero-order chi connectivity index (χ0) is 32.6. The number of hydrogen-bond acceptors (Lipinski definition) is 8. The van der Waals surface area contributed by atoms with Gasteiger partial charge in [-0.1, -0.05) is 44.9 Å². The number of rotatable bonds is 16. The number of aliphatic imine (C=N–C) groups is 2. The van der Waals surface area contributed by atoms with Crippen LogP contribution >= 0.6 is 0 Å². The lowest BCUT2D eigenvalue weighted by Crippen LogP contribution is -2.40. The number of unbranched alkanes of at least 4 members (excludes halogenated alkanes) is 8. The summed E-state index contributed by atoms with van der Waals surface area (Å²) in [4.78, 5) is 39.4. The van der Waals surface area contributed by atoms with Gasteiger partial charge in [0.15, 0.2) is 0 Å². The number of carbonyl (C=O) groups excluding carboxylic acids is 2. The summed E-state index contributed by atoms with van der Waals surface area (Å²) in [6.45, 7) is 2.81. The van der Waals surface area contributed by atoms with E-state index in [2.05, 4.69) is 9.98 Å². The molecule has 4 heterocycles. The van der Waals surface area contributed by atoms with Crippen molar-refractivity contribution in [2.24, 2.45) is 9.98 Å². The number of amides is 2. The third-order valence-electron chi connectivity index (χ3n) is 9.87. The monoisotopic (exact) mass is 644 g/mol. The van der Waals surface area contributed by atoms with E-state index in [0.29, 0.717) is 47.1 Å². The van der Waals surface area contributed by atoms with E-state index in [9.17, 15) is 9.59 Å². The third-order valence-corrected chi connectivity index (χ3v) is 9.87. The van der Waals surface area contributed by atoms with Crippen LogP contribution in [-0.4, -0.2) is 98.9 Å². The number of nitrogens with zero attached hydrogens (tertiary/aromatic N) is 4. The highest BCUT2D eigenvalue weighted by atomic mass is 16.5. The van der Waals surface area contributed by atoms with E-state index in [4.69, 9.17) is 18.9 Å². The predicted molar refractivity (Wildman–Crippen MR) is 182 cm³/mol.